The number of esters is 1. The number of aliphatic hydroxyl groups excluding tert-OH is 1. The molecule has 0 amide bonds. The molecule has 1 aromatic rings. The lowest BCUT2D eigenvalue weighted by Crippen LogP contribution is -2.39. The van der Waals surface area contributed by atoms with Crippen molar-refractivity contribution in [3.63, 3.8) is 0 Å². The quantitative estimate of drug-likeness (QED) is 0.263. The van der Waals surface area contributed by atoms with Crippen molar-refractivity contribution >= 4 is 5.97 Å². The molecule has 0 aromatic heterocycles. The van der Waals surface area contributed by atoms with Gasteiger partial charge in [0, 0.05) is 17.8 Å². The molecule has 0 radical (unpaired) electrons. The first-order valence-electron chi connectivity index (χ1n) is 13.0. The summed E-state index contributed by atoms with van der Waals surface area (Å²) >= 11 is 0. The second-order valence-corrected chi connectivity index (χ2v) is 10.3. The van der Waals surface area contributed by atoms with Crippen LogP contribution in [0.3, 0.4) is 0 Å². The Bertz CT molecular complexity index is 857. The summed E-state index contributed by atoms with van der Waals surface area (Å²) in [7, 11) is 1.42. The van der Waals surface area contributed by atoms with E-state index in [1.807, 2.05) is 18.2 Å². The van der Waals surface area contributed by atoms with Crippen LogP contribution in [0.5, 0.6) is 0 Å². The second-order valence-electron chi connectivity index (χ2n) is 10.3. The minimum Gasteiger partial charge on any atom is -0.469 e. The summed E-state index contributed by atoms with van der Waals surface area (Å²) in [4.78, 5) is 11.3. The number of methoxy groups -OCH3 is 1. The average Bonchev–Trinajstić information content (AvgIpc) is 3.43. The molecule has 0 unspecified atom stereocenters. The van der Waals surface area contributed by atoms with Gasteiger partial charge in [-0.3, -0.25) is 4.79 Å². The number of hydrogen-bond donors (Lipinski definition) is 1. The third kappa shape index (κ3) is 5.63. The number of rotatable bonds is 10. The van der Waals surface area contributed by atoms with Gasteiger partial charge in [0.1, 0.15) is 5.82 Å². The average molecular weight is 471 g/mol. The molecule has 2 aliphatic carbocycles. The molecule has 3 aliphatic rings. The van der Waals surface area contributed by atoms with E-state index in [0.717, 1.165) is 44.1 Å². The highest BCUT2D eigenvalue weighted by atomic mass is 19.1. The van der Waals surface area contributed by atoms with Crippen LogP contribution >= 0.6 is 0 Å². The molecule has 2 saturated carbocycles. The normalized spacial score (nSPS) is 30.4. The van der Waals surface area contributed by atoms with Crippen molar-refractivity contribution in [2.24, 2.45) is 17.8 Å². The minimum atomic E-state index is -0.393. The van der Waals surface area contributed by atoms with Gasteiger partial charge in [-0.1, -0.05) is 55.7 Å². The fourth-order valence-electron chi connectivity index (χ4n) is 6.41. The Labute approximate surface area is 203 Å². The number of allylic oxidation sites excluding steroid dienone is 2. The van der Waals surface area contributed by atoms with Crippen LogP contribution in [-0.4, -0.2) is 37.0 Å². The Hall–Kier alpha value is -1.98. The van der Waals surface area contributed by atoms with E-state index in [4.69, 9.17) is 9.47 Å². The zero-order chi connectivity index (χ0) is 24.0. The summed E-state index contributed by atoms with van der Waals surface area (Å²) in [5, 5.41) is 10.8. The Kier molecular flexibility index (Phi) is 8.60. The largest absolute Gasteiger partial charge is 0.469 e. The van der Waals surface area contributed by atoms with E-state index in [1.54, 1.807) is 12.1 Å². The summed E-state index contributed by atoms with van der Waals surface area (Å²) in [5.74, 6) is 0.516. The highest BCUT2D eigenvalue weighted by Crippen LogP contribution is 2.57. The van der Waals surface area contributed by atoms with E-state index in [1.165, 1.54) is 26.4 Å². The molecule has 1 aromatic carbocycles. The molecule has 0 spiro atoms. The first kappa shape index (κ1) is 25.1. The lowest BCUT2D eigenvalue weighted by Gasteiger charge is -2.38. The maximum Gasteiger partial charge on any atom is 0.305 e. The molecule has 4 nitrogen and oxygen atoms in total. The third-order valence-electron chi connectivity index (χ3n) is 8.34. The van der Waals surface area contributed by atoms with Gasteiger partial charge in [0.25, 0.3) is 0 Å². The maximum absolute atomic E-state index is 13.7. The third-order valence-corrected chi connectivity index (χ3v) is 8.34. The number of unbranched alkanes of at least 4 members (excludes halogenated alkanes) is 1. The van der Waals surface area contributed by atoms with Crippen LogP contribution in [0, 0.1) is 23.6 Å². The number of carbonyl (C=O) groups excluding carboxylic acids is 1. The molecule has 5 atom stereocenters. The molecule has 34 heavy (non-hydrogen) atoms. The van der Waals surface area contributed by atoms with E-state index in [9.17, 15) is 14.3 Å². The maximum atomic E-state index is 13.7. The van der Waals surface area contributed by atoms with E-state index >= 15 is 0 Å². The van der Waals surface area contributed by atoms with Gasteiger partial charge in [-0.2, -0.15) is 0 Å². The van der Waals surface area contributed by atoms with E-state index in [-0.39, 0.29) is 29.2 Å². The van der Waals surface area contributed by atoms with Crippen molar-refractivity contribution in [2.45, 2.75) is 81.8 Å². The van der Waals surface area contributed by atoms with Crippen molar-refractivity contribution in [1.29, 1.82) is 0 Å². The topological polar surface area (TPSA) is 55.8 Å². The Morgan fingerprint density at radius 3 is 2.74 bits per heavy atom. The monoisotopic (exact) mass is 470 g/mol. The number of carbonyl (C=O) groups is 1. The van der Waals surface area contributed by atoms with Crippen LogP contribution in [0.1, 0.15) is 69.8 Å². The van der Waals surface area contributed by atoms with Gasteiger partial charge < -0.3 is 14.6 Å². The molecule has 1 aliphatic heterocycles. The smallest absolute Gasteiger partial charge is 0.305 e. The fraction of sp³-hybridized carbons (Fsp3) is 0.621. The van der Waals surface area contributed by atoms with Crippen LogP contribution in [-0.2, 0) is 19.7 Å². The Morgan fingerprint density at radius 2 is 2.00 bits per heavy atom. The molecule has 1 heterocycles. The van der Waals surface area contributed by atoms with Crippen molar-refractivity contribution < 1.29 is 23.8 Å². The number of ether oxygens (including phenoxy) is 2. The summed E-state index contributed by atoms with van der Waals surface area (Å²) < 4.78 is 24.6. The van der Waals surface area contributed by atoms with E-state index < -0.39 is 6.10 Å². The predicted octanol–water partition coefficient (Wildman–Crippen LogP) is 5.89. The number of benzene rings is 1. The summed E-state index contributed by atoms with van der Waals surface area (Å²) in [6.07, 6.45) is 18.1. The first-order valence-corrected chi connectivity index (χ1v) is 13.0. The molecule has 4 rings (SSSR count). The number of aliphatic hydroxyl groups is 1. The van der Waals surface area contributed by atoms with Crippen molar-refractivity contribution in [3.05, 3.63) is 60.0 Å². The van der Waals surface area contributed by atoms with Gasteiger partial charge in [-0.05, 0) is 68.1 Å². The van der Waals surface area contributed by atoms with Gasteiger partial charge in [0.05, 0.1) is 25.9 Å². The Balaban J connectivity index is 1.48. The van der Waals surface area contributed by atoms with Crippen molar-refractivity contribution in [2.75, 3.05) is 13.7 Å². The van der Waals surface area contributed by atoms with Gasteiger partial charge in [0.2, 0.25) is 0 Å². The molecular formula is C29H39FO4. The highest BCUT2D eigenvalue weighted by Gasteiger charge is 2.58. The van der Waals surface area contributed by atoms with Crippen LogP contribution in [0.2, 0.25) is 0 Å². The Morgan fingerprint density at radius 1 is 1.24 bits per heavy atom. The molecule has 5 heteroatoms. The zero-order valence-electron chi connectivity index (χ0n) is 20.3. The highest BCUT2D eigenvalue weighted by molar-refractivity contribution is 5.69. The predicted molar refractivity (Wildman–Crippen MR) is 131 cm³/mol. The molecule has 3 fully saturated rings. The molecular weight excluding hydrogens is 431 g/mol. The van der Waals surface area contributed by atoms with Crippen molar-refractivity contribution in [3.8, 4) is 0 Å². The summed E-state index contributed by atoms with van der Waals surface area (Å²) in [6.45, 7) is 0.652. The minimum absolute atomic E-state index is 0.123. The van der Waals surface area contributed by atoms with E-state index in [2.05, 4.69) is 18.2 Å². The van der Waals surface area contributed by atoms with Crippen LogP contribution in [0.4, 0.5) is 4.39 Å². The molecule has 186 valence electrons. The summed E-state index contributed by atoms with van der Waals surface area (Å²) in [6, 6.07) is 6.93. The number of halogens is 1. The molecule has 2 bridgehead atoms. The van der Waals surface area contributed by atoms with E-state index in [0.29, 0.717) is 24.9 Å². The molecule has 1 saturated heterocycles. The zero-order valence-corrected chi connectivity index (χ0v) is 20.3. The lowest BCUT2D eigenvalue weighted by atomic mass is 9.69. The standard InChI is InChI=1S/C29H39FO4/c1-33-28(32)12-8-3-2-7-11-25-24(17-18-26(31)21-9-5-4-6-10-21)27-19-29(25,20-34-27)22-13-15-23(30)16-14-22/h2,7,13-18,21,24-27,31H,3-6,8-12,19-20H2,1H3/b7-2-,18-17+/t24-,25-,26-,27-,29-/m0/s1. The van der Waals surface area contributed by atoms with Crippen LogP contribution in [0.25, 0.3) is 0 Å². The SMILES string of the molecule is COC(=O)CCC/C=C\C[C@H]1[C@H](/C=C/[C@H](O)C2CCCCC2)[C@@H]2C[C@@]1(c1ccc(F)cc1)CO2. The van der Waals surface area contributed by atoms with Crippen LogP contribution in [0.15, 0.2) is 48.6 Å². The van der Waals surface area contributed by atoms with Crippen LogP contribution < -0.4 is 0 Å². The summed E-state index contributed by atoms with van der Waals surface area (Å²) in [5.41, 5.74) is 1.00. The van der Waals surface area contributed by atoms with Crippen molar-refractivity contribution in [1.82, 2.24) is 0 Å². The molecule has 1 N–H and O–H groups in total. The lowest BCUT2D eigenvalue weighted by molar-refractivity contribution is -0.140. The van der Waals surface area contributed by atoms with Gasteiger partial charge in [-0.25, -0.2) is 4.39 Å². The fourth-order valence-corrected chi connectivity index (χ4v) is 6.41. The number of fused-ring (bicyclic) bond motifs is 2. The second kappa shape index (κ2) is 11.6. The van der Waals surface area contributed by atoms with Gasteiger partial charge in [0.15, 0.2) is 0 Å². The van der Waals surface area contributed by atoms with Gasteiger partial charge in [-0.15, -0.1) is 0 Å². The first-order chi connectivity index (χ1) is 16.5. The number of hydrogen-bond acceptors (Lipinski definition) is 4. The van der Waals surface area contributed by atoms with Gasteiger partial charge >= 0.3 is 5.97 Å².